The molecule has 0 spiro atoms. The molecule has 8 heteroatoms. The molecule has 4 N–H and O–H groups in total. The van der Waals surface area contributed by atoms with E-state index in [1.54, 1.807) is 33.8 Å². The SMILES string of the molecule is CC(C)=CCc1c(O)c(CC2C(=O)C(C(=O)C(C)C)=C(O)C(C)(C)C2=O)c(O)c(C(=O)C(C)C)c1O. The van der Waals surface area contributed by atoms with E-state index in [9.17, 15) is 39.6 Å². The Balaban J connectivity index is 2.80. The minimum atomic E-state index is -1.57. The van der Waals surface area contributed by atoms with E-state index >= 15 is 0 Å². The van der Waals surface area contributed by atoms with Crippen LogP contribution in [0.1, 0.15) is 76.9 Å². The summed E-state index contributed by atoms with van der Waals surface area (Å²) in [4.78, 5) is 52.3. The molecule has 1 unspecified atom stereocenters. The second-order valence-electron chi connectivity index (χ2n) is 10.7. The van der Waals surface area contributed by atoms with Gasteiger partial charge < -0.3 is 20.4 Å². The number of phenols is 3. The lowest BCUT2D eigenvalue weighted by Crippen LogP contribution is -2.46. The monoisotopic (exact) mass is 500 g/mol. The Morgan fingerprint density at radius 3 is 1.83 bits per heavy atom. The molecule has 2 rings (SSSR count). The van der Waals surface area contributed by atoms with Crippen molar-refractivity contribution in [1.29, 1.82) is 0 Å². The minimum Gasteiger partial charge on any atom is -0.510 e. The van der Waals surface area contributed by atoms with Gasteiger partial charge in [0.2, 0.25) is 0 Å². The van der Waals surface area contributed by atoms with Gasteiger partial charge in [-0.3, -0.25) is 19.2 Å². The predicted molar refractivity (Wildman–Crippen MR) is 134 cm³/mol. The van der Waals surface area contributed by atoms with Crippen molar-refractivity contribution < 1.29 is 39.6 Å². The molecule has 8 nitrogen and oxygen atoms in total. The third-order valence-electron chi connectivity index (χ3n) is 6.61. The normalized spacial score (nSPS) is 17.7. The summed E-state index contributed by atoms with van der Waals surface area (Å²) in [7, 11) is 0. The van der Waals surface area contributed by atoms with Gasteiger partial charge in [0.15, 0.2) is 23.1 Å². The van der Waals surface area contributed by atoms with Crippen LogP contribution < -0.4 is 0 Å². The lowest BCUT2D eigenvalue weighted by molar-refractivity contribution is -0.139. The van der Waals surface area contributed by atoms with Crippen molar-refractivity contribution in [3.8, 4) is 17.2 Å². The van der Waals surface area contributed by atoms with Crippen molar-refractivity contribution in [2.45, 2.75) is 68.2 Å². The quantitative estimate of drug-likeness (QED) is 0.176. The Kier molecular flexibility index (Phi) is 8.23. The number of Topliss-reactive ketones (excluding diaryl/α,β-unsaturated/α-hetero) is 4. The molecule has 1 atom stereocenters. The average Bonchev–Trinajstić information content (AvgIpc) is 2.77. The summed E-state index contributed by atoms with van der Waals surface area (Å²) in [5.74, 6) is -8.00. The Hall–Kier alpha value is -3.42. The third-order valence-corrected chi connectivity index (χ3v) is 6.61. The molecular formula is C28H36O8. The van der Waals surface area contributed by atoms with Gasteiger partial charge in [0.1, 0.15) is 34.1 Å². The van der Waals surface area contributed by atoms with Crippen LogP contribution in [-0.2, 0) is 27.2 Å². The molecule has 1 aliphatic rings. The molecule has 0 aliphatic heterocycles. The van der Waals surface area contributed by atoms with Gasteiger partial charge in [-0.15, -0.1) is 0 Å². The van der Waals surface area contributed by atoms with E-state index in [4.69, 9.17) is 0 Å². The first-order valence-corrected chi connectivity index (χ1v) is 12.0. The summed E-state index contributed by atoms with van der Waals surface area (Å²) in [5.41, 5.74) is -1.85. The average molecular weight is 501 g/mol. The number of phenolic OH excluding ortho intramolecular Hbond substituents is 3. The molecule has 196 valence electrons. The van der Waals surface area contributed by atoms with Crippen LogP contribution in [0.5, 0.6) is 17.2 Å². The van der Waals surface area contributed by atoms with E-state index in [1.807, 2.05) is 13.8 Å². The Labute approximate surface area is 211 Å². The first-order chi connectivity index (χ1) is 16.5. The summed E-state index contributed by atoms with van der Waals surface area (Å²) < 4.78 is 0. The van der Waals surface area contributed by atoms with Crippen LogP contribution in [0.15, 0.2) is 23.0 Å². The number of aliphatic hydroxyl groups excluding tert-OH is 1. The number of hydrogen-bond acceptors (Lipinski definition) is 8. The van der Waals surface area contributed by atoms with E-state index in [0.717, 1.165) is 5.57 Å². The van der Waals surface area contributed by atoms with Gasteiger partial charge in [-0.25, -0.2) is 0 Å². The summed E-state index contributed by atoms with van der Waals surface area (Å²) in [5, 5.41) is 43.5. The number of carbonyl (C=O) groups excluding carboxylic acids is 4. The first-order valence-electron chi connectivity index (χ1n) is 12.0. The molecule has 0 amide bonds. The molecule has 0 saturated heterocycles. The molecular weight excluding hydrogens is 464 g/mol. The largest absolute Gasteiger partial charge is 0.510 e. The number of rotatable bonds is 8. The number of ketones is 4. The molecule has 0 aromatic heterocycles. The van der Waals surface area contributed by atoms with E-state index < -0.39 is 86.9 Å². The number of allylic oxidation sites excluding steroid dienone is 4. The molecule has 0 saturated carbocycles. The lowest BCUT2D eigenvalue weighted by Gasteiger charge is -2.34. The van der Waals surface area contributed by atoms with Crippen molar-refractivity contribution in [3.05, 3.63) is 39.7 Å². The minimum absolute atomic E-state index is 0.0279. The second kappa shape index (κ2) is 10.3. The Morgan fingerprint density at radius 1 is 0.861 bits per heavy atom. The summed E-state index contributed by atoms with van der Waals surface area (Å²) in [6, 6.07) is 0. The number of aliphatic hydroxyl groups is 1. The van der Waals surface area contributed by atoms with Gasteiger partial charge in [0.05, 0.1) is 11.3 Å². The molecule has 0 heterocycles. The fourth-order valence-corrected chi connectivity index (χ4v) is 4.23. The summed E-state index contributed by atoms with van der Waals surface area (Å²) in [6.45, 7) is 12.7. The molecule has 0 bridgehead atoms. The highest BCUT2D eigenvalue weighted by Crippen LogP contribution is 2.46. The number of benzene rings is 1. The zero-order valence-corrected chi connectivity index (χ0v) is 22.1. The fraction of sp³-hybridized carbons (Fsp3) is 0.500. The Bertz CT molecular complexity index is 1190. The van der Waals surface area contributed by atoms with Crippen LogP contribution >= 0.6 is 0 Å². The molecule has 1 aliphatic carbocycles. The topological polar surface area (TPSA) is 149 Å². The maximum atomic E-state index is 13.4. The molecule has 0 fully saturated rings. The summed E-state index contributed by atoms with van der Waals surface area (Å²) >= 11 is 0. The highest BCUT2D eigenvalue weighted by molar-refractivity contribution is 6.29. The van der Waals surface area contributed by atoms with E-state index in [1.165, 1.54) is 13.8 Å². The van der Waals surface area contributed by atoms with Crippen molar-refractivity contribution in [1.82, 2.24) is 0 Å². The number of aromatic hydroxyl groups is 3. The van der Waals surface area contributed by atoms with Crippen LogP contribution in [0, 0.1) is 23.2 Å². The predicted octanol–water partition coefficient (Wildman–Crippen LogP) is 4.52. The zero-order valence-electron chi connectivity index (χ0n) is 22.1. The van der Waals surface area contributed by atoms with E-state index in [-0.39, 0.29) is 17.5 Å². The maximum Gasteiger partial charge on any atom is 0.180 e. The fourth-order valence-electron chi connectivity index (χ4n) is 4.23. The van der Waals surface area contributed by atoms with E-state index in [0.29, 0.717) is 0 Å². The van der Waals surface area contributed by atoms with Gasteiger partial charge in [-0.05, 0) is 40.5 Å². The molecule has 36 heavy (non-hydrogen) atoms. The Morgan fingerprint density at radius 2 is 1.36 bits per heavy atom. The van der Waals surface area contributed by atoms with Gasteiger partial charge in [-0.2, -0.15) is 0 Å². The molecule has 0 radical (unpaired) electrons. The van der Waals surface area contributed by atoms with Crippen LogP contribution in [0.3, 0.4) is 0 Å². The smallest absolute Gasteiger partial charge is 0.180 e. The van der Waals surface area contributed by atoms with Gasteiger partial charge in [0, 0.05) is 23.0 Å². The third kappa shape index (κ3) is 4.94. The van der Waals surface area contributed by atoms with Crippen molar-refractivity contribution in [3.63, 3.8) is 0 Å². The van der Waals surface area contributed by atoms with Crippen LogP contribution in [-0.4, -0.2) is 43.6 Å². The molecule has 1 aromatic rings. The standard InChI is InChI=1S/C28H36O8/c1-12(2)9-10-15-22(31)16(24(33)18(23(15)32)20(29)13(3)4)11-17-25(34)19(21(30)14(5)6)27(36)28(7,8)26(17)35/h9,13-14,17,31-33,36H,10-11H2,1-8H3. The van der Waals surface area contributed by atoms with Crippen LogP contribution in [0.25, 0.3) is 0 Å². The van der Waals surface area contributed by atoms with Crippen molar-refractivity contribution in [2.24, 2.45) is 23.2 Å². The number of carbonyl (C=O) groups is 4. The van der Waals surface area contributed by atoms with E-state index in [2.05, 4.69) is 0 Å². The van der Waals surface area contributed by atoms with Crippen LogP contribution in [0.4, 0.5) is 0 Å². The van der Waals surface area contributed by atoms with Gasteiger partial charge in [0.25, 0.3) is 0 Å². The zero-order chi connectivity index (χ0) is 27.9. The highest BCUT2D eigenvalue weighted by Gasteiger charge is 2.50. The summed E-state index contributed by atoms with van der Waals surface area (Å²) in [6.07, 6.45) is 1.21. The molecule has 1 aromatic carbocycles. The second-order valence-corrected chi connectivity index (χ2v) is 10.7. The van der Waals surface area contributed by atoms with Crippen molar-refractivity contribution >= 4 is 23.1 Å². The van der Waals surface area contributed by atoms with Gasteiger partial charge >= 0.3 is 0 Å². The van der Waals surface area contributed by atoms with Crippen LogP contribution in [0.2, 0.25) is 0 Å². The first kappa shape index (κ1) is 28.8. The maximum absolute atomic E-state index is 13.4. The van der Waals surface area contributed by atoms with Crippen molar-refractivity contribution in [2.75, 3.05) is 0 Å². The van der Waals surface area contributed by atoms with Gasteiger partial charge in [-0.1, -0.05) is 39.3 Å². The number of hydrogen-bond donors (Lipinski definition) is 4. The highest BCUT2D eigenvalue weighted by atomic mass is 16.3. The lowest BCUT2D eigenvalue weighted by atomic mass is 9.67.